The summed E-state index contributed by atoms with van der Waals surface area (Å²) in [7, 11) is 0. The number of carbonyl (C=O) groups is 1. The van der Waals surface area contributed by atoms with Crippen LogP contribution in [0.2, 0.25) is 0 Å². The fourth-order valence-electron chi connectivity index (χ4n) is 3.28. The molecule has 0 saturated carbocycles. The number of nitrogens with one attached hydrogen (secondary N) is 1. The number of carboxylic acid groups (broad SMARTS) is 1. The number of rotatable bonds is 7. The molecule has 0 unspecified atom stereocenters. The number of phenolic OH excluding ortho intramolecular Hbond substituents is 1. The van der Waals surface area contributed by atoms with Crippen molar-refractivity contribution >= 4 is 16.9 Å². The number of fused-ring (bicyclic) bond motifs is 1. The molecule has 3 rings (SSSR count). The highest BCUT2D eigenvalue weighted by Gasteiger charge is 2.24. The zero-order valence-electron chi connectivity index (χ0n) is 15.8. The summed E-state index contributed by atoms with van der Waals surface area (Å²) in [5.41, 5.74) is 1.64. The molecule has 0 saturated heterocycles. The van der Waals surface area contributed by atoms with Crippen LogP contribution in [0.5, 0.6) is 5.75 Å². The van der Waals surface area contributed by atoms with E-state index in [-0.39, 0.29) is 23.8 Å². The fourth-order valence-corrected chi connectivity index (χ4v) is 3.28. The molecule has 1 heterocycles. The standard InChI is InChI=1S/C22H23NO5/c1-3-13(2)20(22(26)27)23-12-17-18(24)10-9-15-16(11-19(25)28-21(15)17)14-7-5-4-6-8-14/h4-11,13,20,23-24H,3,12H2,1-2H3,(H,26,27)/t13-,20-/m0/s1. The topological polar surface area (TPSA) is 99.8 Å². The van der Waals surface area contributed by atoms with E-state index in [9.17, 15) is 19.8 Å². The normalized spacial score (nSPS) is 13.4. The Labute approximate surface area is 162 Å². The summed E-state index contributed by atoms with van der Waals surface area (Å²) in [4.78, 5) is 23.7. The summed E-state index contributed by atoms with van der Waals surface area (Å²) in [6, 6.07) is 13.3. The lowest BCUT2D eigenvalue weighted by atomic mass is 9.97. The average Bonchev–Trinajstić information content (AvgIpc) is 2.69. The lowest BCUT2D eigenvalue weighted by Gasteiger charge is -2.21. The van der Waals surface area contributed by atoms with Crippen molar-refractivity contribution in [1.29, 1.82) is 0 Å². The number of hydrogen-bond donors (Lipinski definition) is 3. The third-order valence-corrected chi connectivity index (χ3v) is 5.05. The second-order valence-electron chi connectivity index (χ2n) is 6.87. The Hall–Kier alpha value is -3.12. The molecular weight excluding hydrogens is 358 g/mol. The predicted molar refractivity (Wildman–Crippen MR) is 107 cm³/mol. The molecule has 0 aliphatic carbocycles. The van der Waals surface area contributed by atoms with E-state index in [0.29, 0.717) is 22.9 Å². The van der Waals surface area contributed by atoms with Gasteiger partial charge >= 0.3 is 11.6 Å². The van der Waals surface area contributed by atoms with Crippen LogP contribution in [0.15, 0.2) is 57.7 Å². The lowest BCUT2D eigenvalue weighted by Crippen LogP contribution is -2.41. The molecule has 0 aliphatic rings. The van der Waals surface area contributed by atoms with Crippen LogP contribution in [0.1, 0.15) is 25.8 Å². The molecule has 0 bridgehead atoms. The highest BCUT2D eigenvalue weighted by Crippen LogP contribution is 2.33. The van der Waals surface area contributed by atoms with E-state index < -0.39 is 17.6 Å². The number of aromatic hydroxyl groups is 1. The minimum Gasteiger partial charge on any atom is -0.507 e. The molecule has 6 heteroatoms. The van der Waals surface area contributed by atoms with Crippen molar-refractivity contribution in [1.82, 2.24) is 5.32 Å². The first-order valence-electron chi connectivity index (χ1n) is 9.22. The molecule has 2 atom stereocenters. The van der Waals surface area contributed by atoms with E-state index in [1.54, 1.807) is 6.07 Å². The lowest BCUT2D eigenvalue weighted by molar-refractivity contribution is -0.140. The van der Waals surface area contributed by atoms with Crippen molar-refractivity contribution in [2.75, 3.05) is 0 Å². The molecule has 0 aliphatic heterocycles. The SMILES string of the molecule is CC[C@H](C)[C@H](NCc1c(O)ccc2c(-c3ccccc3)cc(=O)oc12)C(=O)O. The van der Waals surface area contributed by atoms with Gasteiger partial charge in [-0.15, -0.1) is 0 Å². The number of phenols is 1. The van der Waals surface area contributed by atoms with E-state index in [1.165, 1.54) is 12.1 Å². The van der Waals surface area contributed by atoms with Gasteiger partial charge in [0.05, 0.1) is 5.56 Å². The Morgan fingerprint density at radius 1 is 1.18 bits per heavy atom. The van der Waals surface area contributed by atoms with Crippen LogP contribution in [0.25, 0.3) is 22.1 Å². The van der Waals surface area contributed by atoms with Crippen LogP contribution in [0.4, 0.5) is 0 Å². The Bertz CT molecular complexity index is 1040. The van der Waals surface area contributed by atoms with Crippen molar-refractivity contribution in [2.45, 2.75) is 32.9 Å². The van der Waals surface area contributed by atoms with Crippen LogP contribution in [0.3, 0.4) is 0 Å². The maximum atomic E-state index is 12.2. The summed E-state index contributed by atoms with van der Waals surface area (Å²) in [5, 5.41) is 23.5. The molecule has 3 aromatic rings. The highest BCUT2D eigenvalue weighted by atomic mass is 16.4. The number of aliphatic carboxylic acids is 1. The minimum absolute atomic E-state index is 0.0540. The van der Waals surface area contributed by atoms with Gasteiger partial charge < -0.3 is 14.6 Å². The van der Waals surface area contributed by atoms with Gasteiger partial charge in [0.15, 0.2) is 0 Å². The monoisotopic (exact) mass is 381 g/mol. The molecule has 28 heavy (non-hydrogen) atoms. The van der Waals surface area contributed by atoms with Crippen LogP contribution in [0, 0.1) is 5.92 Å². The first-order chi connectivity index (χ1) is 13.4. The van der Waals surface area contributed by atoms with Gasteiger partial charge in [-0.3, -0.25) is 10.1 Å². The van der Waals surface area contributed by atoms with Gasteiger partial charge in [0.2, 0.25) is 0 Å². The zero-order valence-corrected chi connectivity index (χ0v) is 15.8. The van der Waals surface area contributed by atoms with Gasteiger partial charge in [-0.05, 0) is 29.2 Å². The van der Waals surface area contributed by atoms with E-state index in [4.69, 9.17) is 4.42 Å². The van der Waals surface area contributed by atoms with Gasteiger partial charge in [0.1, 0.15) is 17.4 Å². The fraction of sp³-hybridized carbons (Fsp3) is 0.273. The number of carboxylic acids is 1. The molecule has 0 fully saturated rings. The zero-order chi connectivity index (χ0) is 20.3. The van der Waals surface area contributed by atoms with Gasteiger partial charge in [-0.1, -0.05) is 50.6 Å². The Kier molecular flexibility index (Phi) is 5.80. The summed E-state index contributed by atoms with van der Waals surface area (Å²) in [6.07, 6.45) is 0.693. The maximum absolute atomic E-state index is 12.2. The Balaban J connectivity index is 2.08. The predicted octanol–water partition coefficient (Wildman–Crippen LogP) is 3.75. The quantitative estimate of drug-likeness (QED) is 0.539. The van der Waals surface area contributed by atoms with E-state index in [0.717, 1.165) is 5.56 Å². The third kappa shape index (κ3) is 3.92. The summed E-state index contributed by atoms with van der Waals surface area (Å²) >= 11 is 0. The molecule has 6 nitrogen and oxygen atoms in total. The van der Waals surface area contributed by atoms with Crippen molar-refractivity contribution in [3.8, 4) is 16.9 Å². The Morgan fingerprint density at radius 2 is 1.89 bits per heavy atom. The second-order valence-corrected chi connectivity index (χ2v) is 6.87. The van der Waals surface area contributed by atoms with Gasteiger partial charge in [0, 0.05) is 18.0 Å². The molecule has 0 radical (unpaired) electrons. The Morgan fingerprint density at radius 3 is 2.54 bits per heavy atom. The smallest absolute Gasteiger partial charge is 0.336 e. The van der Waals surface area contributed by atoms with E-state index >= 15 is 0 Å². The van der Waals surface area contributed by atoms with Crippen molar-refractivity contribution in [3.05, 3.63) is 64.5 Å². The van der Waals surface area contributed by atoms with Crippen LogP contribution in [-0.4, -0.2) is 22.2 Å². The van der Waals surface area contributed by atoms with Crippen LogP contribution >= 0.6 is 0 Å². The number of hydrogen-bond acceptors (Lipinski definition) is 5. The summed E-state index contributed by atoms with van der Waals surface area (Å²) in [5.74, 6) is -1.11. The van der Waals surface area contributed by atoms with E-state index in [2.05, 4.69) is 5.32 Å². The van der Waals surface area contributed by atoms with Crippen LogP contribution < -0.4 is 10.9 Å². The maximum Gasteiger partial charge on any atom is 0.336 e. The summed E-state index contributed by atoms with van der Waals surface area (Å²) in [6.45, 7) is 3.83. The highest BCUT2D eigenvalue weighted by molar-refractivity contribution is 5.95. The molecule has 2 aromatic carbocycles. The summed E-state index contributed by atoms with van der Waals surface area (Å²) < 4.78 is 5.41. The van der Waals surface area contributed by atoms with Crippen molar-refractivity contribution in [3.63, 3.8) is 0 Å². The van der Waals surface area contributed by atoms with Gasteiger partial charge in [0.25, 0.3) is 0 Å². The third-order valence-electron chi connectivity index (χ3n) is 5.05. The minimum atomic E-state index is -0.958. The number of benzene rings is 2. The van der Waals surface area contributed by atoms with Crippen molar-refractivity contribution < 1.29 is 19.4 Å². The second kappa shape index (κ2) is 8.27. The molecule has 0 spiro atoms. The molecule has 0 amide bonds. The van der Waals surface area contributed by atoms with Crippen LogP contribution in [-0.2, 0) is 11.3 Å². The molecule has 3 N–H and O–H groups in total. The first kappa shape index (κ1) is 19.6. The molecular formula is C22H23NO5. The van der Waals surface area contributed by atoms with E-state index in [1.807, 2.05) is 44.2 Å². The average molecular weight is 381 g/mol. The van der Waals surface area contributed by atoms with Gasteiger partial charge in [-0.25, -0.2) is 4.79 Å². The molecule has 1 aromatic heterocycles. The largest absolute Gasteiger partial charge is 0.507 e. The van der Waals surface area contributed by atoms with Gasteiger partial charge in [-0.2, -0.15) is 0 Å². The molecule has 146 valence electrons. The first-order valence-corrected chi connectivity index (χ1v) is 9.22. The van der Waals surface area contributed by atoms with Crippen molar-refractivity contribution in [2.24, 2.45) is 5.92 Å².